The van der Waals surface area contributed by atoms with Crippen LogP contribution in [0.4, 0.5) is 0 Å². The number of carbonyl (C=O) groups is 1. The van der Waals surface area contributed by atoms with E-state index in [4.69, 9.17) is 5.73 Å². The Morgan fingerprint density at radius 3 is 2.82 bits per heavy atom. The molecule has 1 aliphatic heterocycles. The molecule has 5 heteroatoms. The molecule has 3 aliphatic rings. The second-order valence-corrected chi connectivity index (χ2v) is 9.23. The van der Waals surface area contributed by atoms with Crippen molar-refractivity contribution >= 4 is 29.0 Å². The number of amides is 1. The van der Waals surface area contributed by atoms with Gasteiger partial charge in [-0.3, -0.25) is 4.79 Å². The summed E-state index contributed by atoms with van der Waals surface area (Å²) in [5.41, 5.74) is 7.46. The second kappa shape index (κ2) is 6.17. The third-order valence-electron chi connectivity index (χ3n) is 5.60. The predicted molar refractivity (Wildman–Crippen MR) is 93.2 cm³/mol. The van der Waals surface area contributed by atoms with Gasteiger partial charge in [-0.05, 0) is 66.7 Å². The highest BCUT2D eigenvalue weighted by molar-refractivity contribution is 8.00. The van der Waals surface area contributed by atoms with Gasteiger partial charge in [0.25, 0.3) is 0 Å². The second-order valence-electron chi connectivity index (χ2n) is 7.02. The van der Waals surface area contributed by atoms with Gasteiger partial charge in [0.05, 0.1) is 0 Å². The molecule has 0 spiro atoms. The Labute approximate surface area is 140 Å². The highest BCUT2D eigenvalue weighted by atomic mass is 32.2. The van der Waals surface area contributed by atoms with Crippen LogP contribution in [-0.2, 0) is 11.2 Å². The van der Waals surface area contributed by atoms with Crippen molar-refractivity contribution in [2.75, 3.05) is 5.75 Å². The molecule has 1 amide bonds. The molecular formula is C17H24N2OS2. The van der Waals surface area contributed by atoms with Crippen LogP contribution in [-0.4, -0.2) is 23.7 Å². The fourth-order valence-corrected chi connectivity index (χ4v) is 6.93. The third kappa shape index (κ3) is 2.72. The molecule has 22 heavy (non-hydrogen) atoms. The van der Waals surface area contributed by atoms with E-state index in [1.165, 1.54) is 29.7 Å². The molecule has 1 aromatic heterocycles. The quantitative estimate of drug-likeness (QED) is 0.872. The summed E-state index contributed by atoms with van der Waals surface area (Å²) in [7, 11) is 0. The molecule has 2 saturated carbocycles. The van der Waals surface area contributed by atoms with Crippen LogP contribution in [0.3, 0.4) is 0 Å². The third-order valence-corrected chi connectivity index (χ3v) is 7.84. The van der Waals surface area contributed by atoms with Crippen LogP contribution in [0.5, 0.6) is 0 Å². The van der Waals surface area contributed by atoms with Crippen molar-refractivity contribution in [3.63, 3.8) is 0 Å². The Bertz CT molecular complexity index is 545. The SMILES string of the molecule is NC1CC2CCCC(C1)C2NC(=O)C1SCCc2sccc21. The minimum absolute atomic E-state index is 0.00586. The van der Waals surface area contributed by atoms with Crippen molar-refractivity contribution in [2.45, 2.75) is 55.9 Å². The summed E-state index contributed by atoms with van der Waals surface area (Å²) in [5.74, 6) is 2.50. The van der Waals surface area contributed by atoms with E-state index in [0.29, 0.717) is 23.9 Å². The Morgan fingerprint density at radius 1 is 1.27 bits per heavy atom. The van der Waals surface area contributed by atoms with Crippen molar-refractivity contribution in [3.05, 3.63) is 21.9 Å². The van der Waals surface area contributed by atoms with E-state index in [9.17, 15) is 4.79 Å². The summed E-state index contributed by atoms with van der Waals surface area (Å²) in [5, 5.41) is 5.57. The molecule has 1 aromatic rings. The maximum atomic E-state index is 12.9. The minimum Gasteiger partial charge on any atom is -0.352 e. The molecule has 2 bridgehead atoms. The van der Waals surface area contributed by atoms with Gasteiger partial charge in [0.1, 0.15) is 5.25 Å². The molecule has 3 unspecified atom stereocenters. The van der Waals surface area contributed by atoms with Gasteiger partial charge in [-0.2, -0.15) is 0 Å². The lowest BCUT2D eigenvalue weighted by molar-refractivity contribution is -0.123. The largest absolute Gasteiger partial charge is 0.352 e. The Hall–Kier alpha value is -0.520. The summed E-state index contributed by atoms with van der Waals surface area (Å²) in [6, 6.07) is 2.86. The zero-order valence-corrected chi connectivity index (χ0v) is 14.4. The topological polar surface area (TPSA) is 55.1 Å². The maximum absolute atomic E-state index is 12.9. The molecule has 3 N–H and O–H groups in total. The van der Waals surface area contributed by atoms with E-state index in [1.807, 2.05) is 0 Å². The van der Waals surface area contributed by atoms with Crippen LogP contribution in [0, 0.1) is 11.8 Å². The maximum Gasteiger partial charge on any atom is 0.237 e. The highest BCUT2D eigenvalue weighted by Crippen LogP contribution is 2.42. The van der Waals surface area contributed by atoms with Gasteiger partial charge in [-0.15, -0.1) is 23.1 Å². The van der Waals surface area contributed by atoms with E-state index >= 15 is 0 Å². The number of nitrogens with two attached hydrogens (primary N) is 1. The van der Waals surface area contributed by atoms with E-state index in [2.05, 4.69) is 16.8 Å². The molecule has 2 heterocycles. The van der Waals surface area contributed by atoms with Crippen LogP contribution in [0.15, 0.2) is 11.4 Å². The lowest BCUT2D eigenvalue weighted by atomic mass is 9.67. The van der Waals surface area contributed by atoms with Crippen molar-refractivity contribution < 1.29 is 4.79 Å². The van der Waals surface area contributed by atoms with Crippen molar-refractivity contribution in [3.8, 4) is 0 Å². The molecule has 0 saturated heterocycles. The van der Waals surface area contributed by atoms with Gasteiger partial charge >= 0.3 is 0 Å². The average molecular weight is 337 g/mol. The number of thioether (sulfide) groups is 1. The number of rotatable bonds is 2. The van der Waals surface area contributed by atoms with Gasteiger partial charge in [-0.1, -0.05) is 6.42 Å². The summed E-state index contributed by atoms with van der Waals surface area (Å²) in [6.07, 6.45) is 7.06. The number of fused-ring (bicyclic) bond motifs is 3. The summed E-state index contributed by atoms with van der Waals surface area (Å²) in [4.78, 5) is 14.3. The first-order chi connectivity index (χ1) is 10.7. The van der Waals surface area contributed by atoms with Crippen LogP contribution in [0.25, 0.3) is 0 Å². The van der Waals surface area contributed by atoms with Gasteiger partial charge in [-0.25, -0.2) is 0 Å². The van der Waals surface area contributed by atoms with Gasteiger partial charge in [0, 0.05) is 17.0 Å². The summed E-state index contributed by atoms with van der Waals surface area (Å²) < 4.78 is 0. The molecule has 3 nitrogen and oxygen atoms in total. The number of thiophene rings is 1. The standard InChI is InChI=1S/C17H24N2OS2/c18-12-8-10-2-1-3-11(9-12)15(10)19-17(20)16-13-4-6-21-14(13)5-7-22-16/h4,6,10-12,15-16H,1-3,5,7-9,18H2,(H,19,20). The molecule has 4 rings (SSSR count). The molecule has 0 aromatic carbocycles. The molecular weight excluding hydrogens is 312 g/mol. The molecule has 3 atom stereocenters. The van der Waals surface area contributed by atoms with Gasteiger partial charge in [0.2, 0.25) is 5.91 Å². The molecule has 120 valence electrons. The number of nitrogens with one attached hydrogen (secondary N) is 1. The summed E-state index contributed by atoms with van der Waals surface area (Å²) in [6.45, 7) is 0. The van der Waals surface area contributed by atoms with Crippen molar-refractivity contribution in [2.24, 2.45) is 17.6 Å². The van der Waals surface area contributed by atoms with Gasteiger partial charge in [0.15, 0.2) is 0 Å². The van der Waals surface area contributed by atoms with Crippen LogP contribution < -0.4 is 11.1 Å². The predicted octanol–water partition coefficient (Wildman–Crippen LogP) is 3.10. The molecule has 0 radical (unpaired) electrons. The smallest absolute Gasteiger partial charge is 0.237 e. The fourth-order valence-electron chi connectivity index (χ4n) is 4.63. The lowest BCUT2D eigenvalue weighted by Gasteiger charge is -2.45. The van der Waals surface area contributed by atoms with Crippen LogP contribution in [0.2, 0.25) is 0 Å². The zero-order chi connectivity index (χ0) is 15.1. The number of aryl methyl sites for hydroxylation is 1. The first-order valence-electron chi connectivity index (χ1n) is 8.46. The zero-order valence-electron chi connectivity index (χ0n) is 12.8. The van der Waals surface area contributed by atoms with E-state index in [0.717, 1.165) is 25.0 Å². The fraction of sp³-hybridized carbons (Fsp3) is 0.706. The monoisotopic (exact) mass is 336 g/mol. The number of hydrogen-bond acceptors (Lipinski definition) is 4. The highest BCUT2D eigenvalue weighted by Gasteiger charge is 2.41. The van der Waals surface area contributed by atoms with Gasteiger partial charge < -0.3 is 11.1 Å². The number of carbonyl (C=O) groups excluding carboxylic acids is 1. The first-order valence-corrected chi connectivity index (χ1v) is 10.4. The molecule has 2 fully saturated rings. The van der Waals surface area contributed by atoms with Crippen molar-refractivity contribution in [1.29, 1.82) is 0 Å². The normalized spacial score (nSPS) is 37.4. The number of hydrogen-bond donors (Lipinski definition) is 2. The van der Waals surface area contributed by atoms with Crippen LogP contribution in [0.1, 0.15) is 47.8 Å². The lowest BCUT2D eigenvalue weighted by Crippen LogP contribution is -2.54. The Kier molecular flexibility index (Phi) is 4.22. The summed E-state index contributed by atoms with van der Waals surface area (Å²) >= 11 is 3.61. The van der Waals surface area contributed by atoms with E-state index in [-0.39, 0.29) is 11.2 Å². The Balaban J connectivity index is 1.49. The first kappa shape index (κ1) is 15.0. The average Bonchev–Trinajstić information content (AvgIpc) is 2.96. The Morgan fingerprint density at radius 2 is 2.05 bits per heavy atom. The van der Waals surface area contributed by atoms with Crippen molar-refractivity contribution in [1.82, 2.24) is 5.32 Å². The van der Waals surface area contributed by atoms with Crippen LogP contribution >= 0.6 is 23.1 Å². The van der Waals surface area contributed by atoms with E-state index in [1.54, 1.807) is 23.1 Å². The minimum atomic E-state index is 0.00586. The van der Waals surface area contributed by atoms with E-state index < -0.39 is 0 Å². The molecule has 2 aliphatic carbocycles.